The molecule has 0 saturated heterocycles. The first-order chi connectivity index (χ1) is 6.04. The molecule has 1 aliphatic rings. The van der Waals surface area contributed by atoms with E-state index in [-0.39, 0.29) is 0 Å². The predicted octanol–water partition coefficient (Wildman–Crippen LogP) is 3.22. The first-order valence-corrected chi connectivity index (χ1v) is 5.45. The van der Waals surface area contributed by atoms with Gasteiger partial charge in [-0.1, -0.05) is 53.2 Å². The minimum Gasteiger partial charge on any atom is -0.312 e. The summed E-state index contributed by atoms with van der Waals surface area (Å²) >= 11 is 0. The predicted molar refractivity (Wildman–Crippen MR) is 60.9 cm³/mol. The van der Waals surface area contributed by atoms with Crippen molar-refractivity contribution in [2.45, 2.75) is 41.5 Å². The maximum Gasteiger partial charge on any atom is 0.0138 e. The molecular weight excluding hydrogens is 158 g/mol. The van der Waals surface area contributed by atoms with Crippen LogP contribution in [0.1, 0.15) is 41.5 Å². The van der Waals surface area contributed by atoms with Gasteiger partial charge in [0.1, 0.15) is 0 Å². The van der Waals surface area contributed by atoms with Gasteiger partial charge in [0.05, 0.1) is 0 Å². The smallest absolute Gasteiger partial charge is 0.0138 e. The topological polar surface area (TPSA) is 12.0 Å². The van der Waals surface area contributed by atoms with Gasteiger partial charge >= 0.3 is 0 Å². The average Bonchev–Trinajstić information content (AvgIpc) is 2.06. The fraction of sp³-hybridized carbons (Fsp3) is 0.833. The largest absolute Gasteiger partial charge is 0.312 e. The van der Waals surface area contributed by atoms with Crippen LogP contribution in [0.2, 0.25) is 0 Å². The molecule has 0 unspecified atom stereocenters. The van der Waals surface area contributed by atoms with E-state index in [1.165, 1.54) is 0 Å². The van der Waals surface area contributed by atoms with Gasteiger partial charge in [-0.15, -0.1) is 0 Å². The van der Waals surface area contributed by atoms with E-state index in [0.717, 1.165) is 13.1 Å². The van der Waals surface area contributed by atoms with Gasteiger partial charge in [-0.2, -0.15) is 0 Å². The van der Waals surface area contributed by atoms with Crippen molar-refractivity contribution in [3.63, 3.8) is 0 Å². The van der Waals surface area contributed by atoms with Crippen molar-refractivity contribution < 1.29 is 0 Å². The zero-order valence-electron chi connectivity index (χ0n) is 10.1. The molecule has 0 spiro atoms. The number of hydrogen-bond donors (Lipinski definition) is 1. The third-order valence-electron chi connectivity index (χ3n) is 2.44. The molecule has 1 nitrogen and oxygen atoms in total. The Hall–Kier alpha value is -0.300. The van der Waals surface area contributed by atoms with Crippen molar-refractivity contribution in [2.24, 2.45) is 11.3 Å². The second-order valence-corrected chi connectivity index (χ2v) is 4.33. The van der Waals surface area contributed by atoms with E-state index in [0.29, 0.717) is 11.3 Å². The minimum absolute atomic E-state index is 0.367. The Balaban J connectivity index is 0.000000671. The van der Waals surface area contributed by atoms with Gasteiger partial charge < -0.3 is 5.32 Å². The summed E-state index contributed by atoms with van der Waals surface area (Å²) in [6.07, 6.45) is 2.34. The summed E-state index contributed by atoms with van der Waals surface area (Å²) in [6.45, 7) is 15.3. The molecule has 0 aromatic rings. The van der Waals surface area contributed by atoms with Crippen LogP contribution in [0.25, 0.3) is 0 Å². The lowest BCUT2D eigenvalue weighted by Crippen LogP contribution is -2.37. The van der Waals surface area contributed by atoms with Crippen LogP contribution in [-0.2, 0) is 0 Å². The van der Waals surface area contributed by atoms with Gasteiger partial charge in [0.2, 0.25) is 0 Å². The summed E-state index contributed by atoms with van der Waals surface area (Å²) in [5.41, 5.74) is 1.98. The summed E-state index contributed by atoms with van der Waals surface area (Å²) in [4.78, 5) is 0. The van der Waals surface area contributed by atoms with Gasteiger partial charge in [-0.25, -0.2) is 0 Å². The van der Waals surface area contributed by atoms with Crippen LogP contribution in [0, 0.1) is 11.3 Å². The highest BCUT2D eigenvalue weighted by molar-refractivity contribution is 5.18. The molecular formula is C12H25N. The molecule has 0 amide bonds. The maximum atomic E-state index is 3.38. The van der Waals surface area contributed by atoms with E-state index >= 15 is 0 Å². The first-order valence-electron chi connectivity index (χ1n) is 5.45. The zero-order valence-corrected chi connectivity index (χ0v) is 10.1. The van der Waals surface area contributed by atoms with Crippen molar-refractivity contribution >= 4 is 0 Å². The lowest BCUT2D eigenvalue weighted by Gasteiger charge is -2.34. The zero-order chi connectivity index (χ0) is 10.5. The van der Waals surface area contributed by atoms with Crippen LogP contribution in [0.15, 0.2) is 11.6 Å². The highest BCUT2D eigenvalue weighted by atomic mass is 14.9. The van der Waals surface area contributed by atoms with Gasteiger partial charge in [-0.3, -0.25) is 0 Å². The van der Waals surface area contributed by atoms with Crippen LogP contribution in [0.3, 0.4) is 0 Å². The third kappa shape index (κ3) is 3.51. The molecule has 0 bridgehead atoms. The summed E-state index contributed by atoms with van der Waals surface area (Å²) in [5, 5.41) is 3.38. The molecule has 0 atom stereocenters. The van der Waals surface area contributed by atoms with E-state index in [4.69, 9.17) is 0 Å². The molecule has 0 aromatic heterocycles. The Morgan fingerprint density at radius 3 is 2.15 bits per heavy atom. The molecule has 78 valence electrons. The molecule has 13 heavy (non-hydrogen) atoms. The van der Waals surface area contributed by atoms with E-state index in [1.807, 2.05) is 13.8 Å². The molecule has 1 aliphatic heterocycles. The Morgan fingerprint density at radius 1 is 1.31 bits per heavy atom. The van der Waals surface area contributed by atoms with Gasteiger partial charge in [-0.05, 0) is 11.3 Å². The van der Waals surface area contributed by atoms with Crippen molar-refractivity contribution in [3.05, 3.63) is 11.6 Å². The second-order valence-electron chi connectivity index (χ2n) is 4.33. The normalized spacial score (nSPS) is 20.4. The van der Waals surface area contributed by atoms with Crippen molar-refractivity contribution in [2.75, 3.05) is 13.1 Å². The van der Waals surface area contributed by atoms with Crippen LogP contribution >= 0.6 is 0 Å². The first kappa shape index (κ1) is 12.7. The fourth-order valence-electron chi connectivity index (χ4n) is 1.96. The molecule has 0 aliphatic carbocycles. The van der Waals surface area contributed by atoms with Crippen molar-refractivity contribution in [1.82, 2.24) is 5.32 Å². The van der Waals surface area contributed by atoms with E-state index in [2.05, 4.69) is 39.1 Å². The molecule has 1 rings (SSSR count). The van der Waals surface area contributed by atoms with Crippen LogP contribution in [0.4, 0.5) is 0 Å². The Labute approximate surface area is 83.6 Å². The number of rotatable bonds is 1. The summed E-state index contributed by atoms with van der Waals surface area (Å²) in [6, 6.07) is 0. The summed E-state index contributed by atoms with van der Waals surface area (Å²) in [5.74, 6) is 0.701. The van der Waals surface area contributed by atoms with E-state index in [9.17, 15) is 0 Å². The minimum atomic E-state index is 0.367. The SMILES string of the molecule is CC.CC(C)C1=CCNCC1(C)C. The molecule has 1 N–H and O–H groups in total. The molecule has 1 heterocycles. The highest BCUT2D eigenvalue weighted by Crippen LogP contribution is 2.32. The van der Waals surface area contributed by atoms with Crippen molar-refractivity contribution in [3.8, 4) is 0 Å². The van der Waals surface area contributed by atoms with Gasteiger partial charge in [0, 0.05) is 13.1 Å². The van der Waals surface area contributed by atoms with Crippen LogP contribution in [-0.4, -0.2) is 13.1 Å². The highest BCUT2D eigenvalue weighted by Gasteiger charge is 2.26. The Kier molecular flexibility index (Phi) is 5.31. The average molecular weight is 183 g/mol. The van der Waals surface area contributed by atoms with Crippen LogP contribution < -0.4 is 5.32 Å². The van der Waals surface area contributed by atoms with Crippen molar-refractivity contribution in [1.29, 1.82) is 0 Å². The summed E-state index contributed by atoms with van der Waals surface area (Å²) < 4.78 is 0. The van der Waals surface area contributed by atoms with Gasteiger partial charge in [0.15, 0.2) is 0 Å². The quantitative estimate of drug-likeness (QED) is 0.615. The molecule has 0 aromatic carbocycles. The molecule has 0 radical (unpaired) electrons. The Bertz CT molecular complexity index is 166. The van der Waals surface area contributed by atoms with E-state index < -0.39 is 0 Å². The molecule has 0 fully saturated rings. The van der Waals surface area contributed by atoms with Crippen LogP contribution in [0.5, 0.6) is 0 Å². The number of nitrogens with one attached hydrogen (secondary N) is 1. The Morgan fingerprint density at radius 2 is 1.85 bits per heavy atom. The molecule has 1 heteroatoms. The fourth-order valence-corrected chi connectivity index (χ4v) is 1.96. The third-order valence-corrected chi connectivity index (χ3v) is 2.44. The monoisotopic (exact) mass is 183 g/mol. The van der Waals surface area contributed by atoms with Gasteiger partial charge in [0.25, 0.3) is 0 Å². The lowest BCUT2D eigenvalue weighted by atomic mass is 9.76. The standard InChI is InChI=1S/C10H19N.C2H6/c1-8(2)9-5-6-11-7-10(9,3)4;1-2/h5,8,11H,6-7H2,1-4H3;1-2H3. The second kappa shape index (κ2) is 5.43. The molecule has 0 saturated carbocycles. The summed E-state index contributed by atoms with van der Waals surface area (Å²) in [7, 11) is 0. The lowest BCUT2D eigenvalue weighted by molar-refractivity contribution is 0.362. The maximum absolute atomic E-state index is 3.38. The van der Waals surface area contributed by atoms with E-state index in [1.54, 1.807) is 5.57 Å². The number of hydrogen-bond acceptors (Lipinski definition) is 1.